The van der Waals surface area contributed by atoms with Crippen molar-refractivity contribution in [2.45, 2.75) is 13.8 Å². The van der Waals surface area contributed by atoms with Gasteiger partial charge in [0.05, 0.1) is 5.76 Å². The van der Waals surface area contributed by atoms with E-state index in [0.717, 1.165) is 5.69 Å². The van der Waals surface area contributed by atoms with E-state index >= 15 is 0 Å². The standard InChI is InChI=1S/C31H22NSi.C5H8O2.Pt/c1-3-14-24-22(10-1)12-7-18-27(24)33(28-19-8-13-23-11-2-4-15-25(23)28)29-17-6-5-16-26(29)31-30(33)20-9-21-32-31;1-4(6)3-5(2)7;/h1-15,17-22,24H;3,6H,1-2H3;/q-1;;/b;4-3-;. The van der Waals surface area contributed by atoms with Crippen molar-refractivity contribution >= 4 is 40.2 Å². The van der Waals surface area contributed by atoms with E-state index in [4.69, 9.17) is 10.1 Å². The summed E-state index contributed by atoms with van der Waals surface area (Å²) < 4.78 is 0. The normalized spacial score (nSPS) is 21.5. The number of fused-ring (bicyclic) bond motifs is 5. The Hall–Kier alpha value is -3.85. The molecular formula is C36H30NO2PtSi-. The number of carbonyl (C=O) groups excluding carboxylic acids is 1. The summed E-state index contributed by atoms with van der Waals surface area (Å²) in [7, 11) is -2.59. The van der Waals surface area contributed by atoms with Gasteiger partial charge in [0.15, 0.2) is 5.78 Å². The van der Waals surface area contributed by atoms with E-state index in [9.17, 15) is 4.79 Å². The first-order valence-electron chi connectivity index (χ1n) is 13.6. The molecule has 3 unspecified atom stereocenters. The van der Waals surface area contributed by atoms with Gasteiger partial charge in [0.2, 0.25) is 0 Å². The Balaban J connectivity index is 0.000000379. The van der Waals surface area contributed by atoms with Crippen LogP contribution in [0.4, 0.5) is 0 Å². The van der Waals surface area contributed by atoms with Crippen LogP contribution in [0.15, 0.2) is 139 Å². The van der Waals surface area contributed by atoms with Gasteiger partial charge in [-0.3, -0.25) is 4.79 Å². The van der Waals surface area contributed by atoms with Gasteiger partial charge >= 0.3 is 0 Å². The van der Waals surface area contributed by atoms with Crippen LogP contribution in [0.3, 0.4) is 0 Å². The maximum Gasteiger partial charge on any atom is 0.155 e. The number of ketones is 1. The van der Waals surface area contributed by atoms with Gasteiger partial charge in [-0.25, -0.2) is 0 Å². The fraction of sp³-hybridized carbons (Fsp3) is 0.111. The first-order valence-corrected chi connectivity index (χ1v) is 15.6. The average molecular weight is 732 g/mol. The van der Waals surface area contributed by atoms with E-state index < -0.39 is 8.07 Å². The molecular weight excluding hydrogens is 702 g/mol. The van der Waals surface area contributed by atoms with Crippen LogP contribution < -0.4 is 15.6 Å². The molecule has 0 fully saturated rings. The minimum atomic E-state index is -2.59. The van der Waals surface area contributed by atoms with Crippen molar-refractivity contribution in [2.24, 2.45) is 11.8 Å². The molecule has 0 spiro atoms. The third-order valence-electron chi connectivity index (χ3n) is 7.89. The van der Waals surface area contributed by atoms with Crippen molar-refractivity contribution in [2.75, 3.05) is 0 Å². The van der Waals surface area contributed by atoms with Crippen molar-refractivity contribution in [3.63, 3.8) is 0 Å². The van der Waals surface area contributed by atoms with Crippen molar-refractivity contribution < 1.29 is 31.0 Å². The van der Waals surface area contributed by atoms with Crippen LogP contribution in [0.2, 0.25) is 0 Å². The summed E-state index contributed by atoms with van der Waals surface area (Å²) in [6.07, 6.45) is 19.3. The fourth-order valence-corrected chi connectivity index (χ4v) is 12.2. The summed E-state index contributed by atoms with van der Waals surface area (Å²) in [5, 5.41) is 16.8. The van der Waals surface area contributed by atoms with Crippen molar-refractivity contribution in [1.29, 1.82) is 0 Å². The van der Waals surface area contributed by atoms with Crippen molar-refractivity contribution in [3.8, 4) is 11.3 Å². The molecule has 3 aliphatic rings. The molecule has 0 saturated carbocycles. The van der Waals surface area contributed by atoms with Gasteiger partial charge in [0.25, 0.3) is 0 Å². The summed E-state index contributed by atoms with van der Waals surface area (Å²) in [6.45, 7) is 2.85. The molecule has 3 nitrogen and oxygen atoms in total. The van der Waals surface area contributed by atoms with Crippen LogP contribution in [0.25, 0.3) is 22.0 Å². The number of carbonyl (C=O) groups is 1. The number of pyridine rings is 1. The topological polar surface area (TPSA) is 50.2 Å². The third kappa shape index (κ3) is 4.96. The largest absolute Gasteiger partial charge is 0.512 e. The van der Waals surface area contributed by atoms with Gasteiger partial charge in [-0.05, 0) is 41.6 Å². The number of aliphatic hydroxyl groups is 1. The van der Waals surface area contributed by atoms with Gasteiger partial charge in [0, 0.05) is 45.2 Å². The zero-order chi connectivity index (χ0) is 27.7. The molecule has 4 aromatic rings. The molecule has 1 N–H and O–H groups in total. The van der Waals surface area contributed by atoms with Crippen LogP contribution >= 0.6 is 0 Å². The van der Waals surface area contributed by atoms with Gasteiger partial charge in [-0.1, -0.05) is 101 Å². The number of allylic oxidation sites excluding steroid dienone is 10. The van der Waals surface area contributed by atoms with E-state index in [1.807, 2.05) is 12.3 Å². The number of aromatic nitrogens is 1. The fourth-order valence-electron chi connectivity index (χ4n) is 6.49. The molecule has 3 aromatic carbocycles. The number of hydrogen-bond acceptors (Lipinski definition) is 3. The van der Waals surface area contributed by atoms with Crippen molar-refractivity contribution in [1.82, 2.24) is 4.98 Å². The monoisotopic (exact) mass is 731 g/mol. The Morgan fingerprint density at radius 3 is 2.41 bits per heavy atom. The molecule has 7 rings (SSSR count). The first-order chi connectivity index (χ1) is 19.5. The molecule has 0 amide bonds. The van der Waals surface area contributed by atoms with Gasteiger partial charge < -0.3 is 10.1 Å². The summed E-state index contributed by atoms with van der Waals surface area (Å²) >= 11 is 0. The molecule has 5 heteroatoms. The van der Waals surface area contributed by atoms with Crippen molar-refractivity contribution in [3.05, 3.63) is 145 Å². The summed E-state index contributed by atoms with van der Waals surface area (Å²) in [5.41, 5.74) is 2.28. The van der Waals surface area contributed by atoms with Gasteiger partial charge in [-0.15, -0.1) is 35.0 Å². The van der Waals surface area contributed by atoms with Crippen LogP contribution in [0.5, 0.6) is 0 Å². The maximum atomic E-state index is 10.0. The number of aliphatic hydroxyl groups excluding tert-OH is 1. The molecule has 0 bridgehead atoms. The molecule has 0 radical (unpaired) electrons. The second kappa shape index (κ2) is 11.9. The molecule has 1 aromatic heterocycles. The van der Waals surface area contributed by atoms with Gasteiger partial charge in [0.1, 0.15) is 8.07 Å². The second-order valence-corrected chi connectivity index (χ2v) is 14.1. The minimum Gasteiger partial charge on any atom is -0.512 e. The smallest absolute Gasteiger partial charge is 0.155 e. The van der Waals surface area contributed by atoms with Crippen LogP contribution in [-0.4, -0.2) is 23.9 Å². The zero-order valence-corrected chi connectivity index (χ0v) is 26.2. The quantitative estimate of drug-likeness (QED) is 0.123. The molecule has 2 heterocycles. The number of rotatable bonds is 3. The Labute approximate surface area is 256 Å². The van der Waals surface area contributed by atoms with Crippen LogP contribution in [0, 0.1) is 17.9 Å². The Morgan fingerprint density at radius 2 is 1.61 bits per heavy atom. The van der Waals surface area contributed by atoms with E-state index in [1.54, 1.807) is 5.20 Å². The van der Waals surface area contributed by atoms with E-state index in [1.165, 1.54) is 51.8 Å². The number of hydrogen-bond donors (Lipinski definition) is 1. The average Bonchev–Trinajstić information content (AvgIpc) is 3.27. The summed E-state index contributed by atoms with van der Waals surface area (Å²) in [6, 6.07) is 30.3. The zero-order valence-electron chi connectivity index (χ0n) is 22.9. The van der Waals surface area contributed by atoms with Crippen LogP contribution in [0.1, 0.15) is 13.8 Å². The second-order valence-electron chi connectivity index (χ2n) is 10.4. The summed E-state index contributed by atoms with van der Waals surface area (Å²) in [4.78, 5) is 14.9. The SMILES string of the molecule is CC(=O)/C=C(/C)O.[Pt].[c-]1cccc2c1-c1ncccc1[Si]2(C1=CC=CC2C=CC=CC12)c1cccc2ccccc12. The molecule has 0 saturated heterocycles. The molecule has 1 aliphatic heterocycles. The molecule has 41 heavy (non-hydrogen) atoms. The van der Waals surface area contributed by atoms with E-state index in [-0.39, 0.29) is 32.6 Å². The van der Waals surface area contributed by atoms with Crippen LogP contribution in [-0.2, 0) is 25.9 Å². The third-order valence-corrected chi connectivity index (χ3v) is 12.9. The Morgan fingerprint density at radius 1 is 0.878 bits per heavy atom. The number of benzene rings is 3. The predicted molar refractivity (Wildman–Crippen MR) is 167 cm³/mol. The first kappa shape index (κ1) is 28.7. The van der Waals surface area contributed by atoms with E-state index in [2.05, 4.69) is 115 Å². The van der Waals surface area contributed by atoms with E-state index in [0.29, 0.717) is 11.8 Å². The molecule has 2 aliphatic carbocycles. The minimum absolute atomic E-state index is 0. The maximum absolute atomic E-state index is 10.0. The molecule has 206 valence electrons. The Bertz CT molecular complexity index is 1730. The number of nitrogens with zero attached hydrogens (tertiary/aromatic N) is 1. The predicted octanol–water partition coefficient (Wildman–Crippen LogP) is 5.91. The summed E-state index contributed by atoms with van der Waals surface area (Å²) in [5.74, 6) is 0.684. The molecule has 3 atom stereocenters. The van der Waals surface area contributed by atoms with Gasteiger partial charge in [-0.2, -0.15) is 0 Å². The Kier molecular flexibility index (Phi) is 8.35.